The van der Waals surface area contributed by atoms with Crippen molar-refractivity contribution >= 4 is 23.0 Å². The zero-order chi connectivity index (χ0) is 11.7. The van der Waals surface area contributed by atoms with Gasteiger partial charge in [-0.15, -0.1) is 0 Å². The normalized spacial score (nSPS) is 24.8. The maximum Gasteiger partial charge on any atom is 0.129 e. The van der Waals surface area contributed by atoms with E-state index in [4.69, 9.17) is 18.0 Å². The monoisotopic (exact) mass is 235 g/mol. The molecule has 1 aromatic heterocycles. The van der Waals surface area contributed by atoms with Gasteiger partial charge in [0.15, 0.2) is 0 Å². The van der Waals surface area contributed by atoms with Crippen molar-refractivity contribution in [3.63, 3.8) is 0 Å². The van der Waals surface area contributed by atoms with Gasteiger partial charge in [-0.25, -0.2) is 4.98 Å². The highest BCUT2D eigenvalue weighted by Crippen LogP contribution is 2.26. The van der Waals surface area contributed by atoms with Gasteiger partial charge in [-0.2, -0.15) is 0 Å². The van der Waals surface area contributed by atoms with Crippen molar-refractivity contribution in [2.24, 2.45) is 17.6 Å². The smallest absolute Gasteiger partial charge is 0.129 e. The van der Waals surface area contributed by atoms with Crippen LogP contribution in [0.25, 0.3) is 0 Å². The minimum absolute atomic E-state index is 0.434. The molecule has 2 atom stereocenters. The van der Waals surface area contributed by atoms with E-state index in [0.717, 1.165) is 36.3 Å². The van der Waals surface area contributed by atoms with Crippen molar-refractivity contribution < 1.29 is 0 Å². The molecule has 1 aliphatic rings. The molecule has 3 nitrogen and oxygen atoms in total. The van der Waals surface area contributed by atoms with Crippen LogP contribution in [0.4, 0.5) is 5.82 Å². The Hall–Kier alpha value is -1.16. The van der Waals surface area contributed by atoms with Crippen LogP contribution < -0.4 is 10.6 Å². The maximum absolute atomic E-state index is 5.62. The quantitative estimate of drug-likeness (QED) is 0.794. The van der Waals surface area contributed by atoms with Crippen LogP contribution >= 0.6 is 12.2 Å². The second-order valence-electron chi connectivity index (χ2n) is 4.63. The summed E-state index contributed by atoms with van der Waals surface area (Å²) in [6.45, 7) is 6.69. The number of nitrogens with two attached hydrogens (primary N) is 1. The Morgan fingerprint density at radius 1 is 1.44 bits per heavy atom. The Morgan fingerprint density at radius 3 is 2.62 bits per heavy atom. The lowest BCUT2D eigenvalue weighted by atomic mass is 10.0. The van der Waals surface area contributed by atoms with Crippen molar-refractivity contribution in [3.05, 3.63) is 23.9 Å². The van der Waals surface area contributed by atoms with Gasteiger partial charge in [0.1, 0.15) is 10.8 Å². The summed E-state index contributed by atoms with van der Waals surface area (Å²) in [4.78, 5) is 7.12. The highest BCUT2D eigenvalue weighted by atomic mass is 32.1. The summed E-state index contributed by atoms with van der Waals surface area (Å²) in [5.41, 5.74) is 6.52. The third-order valence-electron chi connectivity index (χ3n) is 3.34. The molecule has 2 heterocycles. The number of rotatable bonds is 2. The molecule has 1 saturated heterocycles. The van der Waals surface area contributed by atoms with Gasteiger partial charge in [-0.1, -0.05) is 26.1 Å². The zero-order valence-electron chi connectivity index (χ0n) is 9.68. The number of aromatic nitrogens is 1. The Kier molecular flexibility index (Phi) is 3.10. The van der Waals surface area contributed by atoms with E-state index in [2.05, 4.69) is 23.7 Å². The van der Waals surface area contributed by atoms with Crippen LogP contribution in [-0.4, -0.2) is 23.1 Å². The molecule has 0 spiro atoms. The van der Waals surface area contributed by atoms with Crippen LogP contribution in [0.15, 0.2) is 18.3 Å². The molecular weight excluding hydrogens is 218 g/mol. The van der Waals surface area contributed by atoms with E-state index in [-0.39, 0.29) is 0 Å². The van der Waals surface area contributed by atoms with Gasteiger partial charge < -0.3 is 10.6 Å². The second kappa shape index (κ2) is 4.37. The second-order valence-corrected chi connectivity index (χ2v) is 5.07. The SMILES string of the molecule is CC1CN(c2cc(C(N)=S)ccn2)CC1C. The first kappa shape index (κ1) is 11.3. The molecule has 2 N–H and O–H groups in total. The fourth-order valence-corrected chi connectivity index (χ4v) is 2.19. The van der Waals surface area contributed by atoms with Gasteiger partial charge in [-0.3, -0.25) is 0 Å². The van der Waals surface area contributed by atoms with Gasteiger partial charge in [0.2, 0.25) is 0 Å². The average Bonchev–Trinajstić information content (AvgIpc) is 2.59. The first-order valence-electron chi connectivity index (χ1n) is 5.58. The van der Waals surface area contributed by atoms with Crippen molar-refractivity contribution in [1.82, 2.24) is 4.98 Å². The molecule has 16 heavy (non-hydrogen) atoms. The van der Waals surface area contributed by atoms with Crippen LogP contribution in [0.5, 0.6) is 0 Å². The lowest BCUT2D eigenvalue weighted by molar-refractivity contribution is 0.494. The third kappa shape index (κ3) is 2.16. The minimum Gasteiger partial charge on any atom is -0.389 e. The largest absolute Gasteiger partial charge is 0.389 e. The number of nitrogens with zero attached hydrogens (tertiary/aromatic N) is 2. The molecule has 1 fully saturated rings. The van der Waals surface area contributed by atoms with Gasteiger partial charge in [0.05, 0.1) is 0 Å². The molecule has 0 aromatic carbocycles. The van der Waals surface area contributed by atoms with Crippen molar-refractivity contribution in [2.75, 3.05) is 18.0 Å². The summed E-state index contributed by atoms with van der Waals surface area (Å²) in [5.74, 6) is 2.42. The molecule has 0 bridgehead atoms. The lowest BCUT2D eigenvalue weighted by Crippen LogP contribution is -2.21. The van der Waals surface area contributed by atoms with Gasteiger partial charge in [0, 0.05) is 24.8 Å². The summed E-state index contributed by atoms with van der Waals surface area (Å²) in [6.07, 6.45) is 1.78. The van der Waals surface area contributed by atoms with Crippen molar-refractivity contribution in [2.45, 2.75) is 13.8 Å². The van der Waals surface area contributed by atoms with E-state index in [9.17, 15) is 0 Å². The molecule has 86 valence electrons. The van der Waals surface area contributed by atoms with E-state index >= 15 is 0 Å². The molecule has 4 heteroatoms. The topological polar surface area (TPSA) is 42.1 Å². The fourth-order valence-electron chi connectivity index (χ4n) is 2.06. The van der Waals surface area contributed by atoms with E-state index in [1.165, 1.54) is 0 Å². The number of thiocarbonyl (C=S) groups is 1. The minimum atomic E-state index is 0.434. The molecule has 2 unspecified atom stereocenters. The molecule has 1 aromatic rings. The number of anilines is 1. The maximum atomic E-state index is 5.62. The predicted octanol–water partition coefficient (Wildman–Crippen LogP) is 1.81. The Labute approximate surface area is 102 Å². The standard InChI is InChI=1S/C12H17N3S/c1-8-6-15(7-9(8)2)11-5-10(12(13)16)3-4-14-11/h3-5,8-9H,6-7H2,1-2H3,(H2,13,16). The summed E-state index contributed by atoms with van der Waals surface area (Å²) in [5, 5.41) is 0. The molecule has 0 radical (unpaired) electrons. The van der Waals surface area contributed by atoms with E-state index in [1.807, 2.05) is 12.1 Å². The van der Waals surface area contributed by atoms with Gasteiger partial charge in [-0.05, 0) is 24.0 Å². The lowest BCUT2D eigenvalue weighted by Gasteiger charge is -2.17. The Morgan fingerprint density at radius 2 is 2.06 bits per heavy atom. The molecule has 0 aliphatic carbocycles. The highest BCUT2D eigenvalue weighted by molar-refractivity contribution is 7.80. The van der Waals surface area contributed by atoms with Crippen LogP contribution in [0.1, 0.15) is 19.4 Å². The first-order chi connectivity index (χ1) is 7.58. The van der Waals surface area contributed by atoms with Crippen LogP contribution in [0, 0.1) is 11.8 Å². The number of hydrogen-bond acceptors (Lipinski definition) is 3. The van der Waals surface area contributed by atoms with E-state index in [1.54, 1.807) is 6.20 Å². The van der Waals surface area contributed by atoms with Gasteiger partial charge in [0.25, 0.3) is 0 Å². The Bertz CT molecular complexity index is 395. The Balaban J connectivity index is 2.21. The average molecular weight is 235 g/mol. The summed E-state index contributed by atoms with van der Waals surface area (Å²) in [6, 6.07) is 3.84. The van der Waals surface area contributed by atoms with Crippen LogP contribution in [-0.2, 0) is 0 Å². The van der Waals surface area contributed by atoms with Crippen molar-refractivity contribution in [1.29, 1.82) is 0 Å². The predicted molar refractivity (Wildman–Crippen MR) is 70.7 cm³/mol. The molecule has 2 rings (SSSR count). The number of hydrogen-bond donors (Lipinski definition) is 1. The van der Waals surface area contributed by atoms with Gasteiger partial charge >= 0.3 is 0 Å². The molecule has 1 aliphatic heterocycles. The van der Waals surface area contributed by atoms with E-state index in [0.29, 0.717) is 4.99 Å². The summed E-state index contributed by atoms with van der Waals surface area (Å²) >= 11 is 4.97. The summed E-state index contributed by atoms with van der Waals surface area (Å²) in [7, 11) is 0. The molecular formula is C12H17N3S. The molecule has 0 saturated carbocycles. The summed E-state index contributed by atoms with van der Waals surface area (Å²) < 4.78 is 0. The van der Waals surface area contributed by atoms with E-state index < -0.39 is 0 Å². The fraction of sp³-hybridized carbons (Fsp3) is 0.500. The highest BCUT2D eigenvalue weighted by Gasteiger charge is 2.26. The van der Waals surface area contributed by atoms with Crippen molar-refractivity contribution in [3.8, 4) is 0 Å². The zero-order valence-corrected chi connectivity index (χ0v) is 10.5. The first-order valence-corrected chi connectivity index (χ1v) is 5.99. The third-order valence-corrected chi connectivity index (χ3v) is 3.58. The van der Waals surface area contributed by atoms with Crippen LogP contribution in [0.3, 0.4) is 0 Å². The molecule has 0 amide bonds. The van der Waals surface area contributed by atoms with Crippen LogP contribution in [0.2, 0.25) is 0 Å². The number of pyridine rings is 1.